The Morgan fingerprint density at radius 2 is 2.07 bits per heavy atom. The number of para-hydroxylation sites is 1. The summed E-state index contributed by atoms with van der Waals surface area (Å²) in [6.07, 6.45) is 0. The van der Waals surface area contributed by atoms with Crippen LogP contribution in [0.2, 0.25) is 0 Å². The Balaban J connectivity index is 2.70. The zero-order valence-corrected chi connectivity index (χ0v) is 9.92. The van der Waals surface area contributed by atoms with E-state index in [9.17, 15) is 0 Å². The first-order valence-corrected chi connectivity index (χ1v) is 5.45. The summed E-state index contributed by atoms with van der Waals surface area (Å²) in [7, 11) is 0. The summed E-state index contributed by atoms with van der Waals surface area (Å²) in [5, 5.41) is 8.86. The second-order valence-corrected chi connectivity index (χ2v) is 4.54. The highest BCUT2D eigenvalue weighted by atomic mass is 32.1. The van der Waals surface area contributed by atoms with Gasteiger partial charge in [-0.25, -0.2) is 0 Å². The molecule has 0 aliphatic carbocycles. The van der Waals surface area contributed by atoms with Gasteiger partial charge in [-0.05, 0) is 17.9 Å². The fourth-order valence-electron chi connectivity index (χ4n) is 1.00. The predicted octanol–water partition coefficient (Wildman–Crippen LogP) is 2.89. The summed E-state index contributed by atoms with van der Waals surface area (Å²) in [4.78, 5) is 0. The van der Waals surface area contributed by atoms with Crippen LogP contribution >= 0.6 is 12.6 Å². The van der Waals surface area contributed by atoms with Crippen molar-refractivity contribution in [3.63, 3.8) is 0 Å². The minimum atomic E-state index is 0.0195. The van der Waals surface area contributed by atoms with Crippen molar-refractivity contribution in [1.82, 2.24) is 0 Å². The monoisotopic (exact) mass is 221 g/mol. The average molecular weight is 221 g/mol. The average Bonchev–Trinajstić information content (AvgIpc) is 2.27. The molecule has 0 saturated heterocycles. The second-order valence-electron chi connectivity index (χ2n) is 4.22. The number of thiol groups is 1. The van der Waals surface area contributed by atoms with Gasteiger partial charge in [0.15, 0.2) is 0 Å². The highest BCUT2D eigenvalue weighted by Gasteiger charge is 2.17. The van der Waals surface area contributed by atoms with E-state index in [2.05, 4.69) is 32.5 Å². The maximum Gasteiger partial charge on any atom is 0.137 e. The van der Waals surface area contributed by atoms with Crippen LogP contribution in [-0.4, -0.2) is 12.4 Å². The molecule has 0 fully saturated rings. The van der Waals surface area contributed by atoms with Gasteiger partial charge >= 0.3 is 0 Å². The van der Waals surface area contributed by atoms with E-state index in [0.717, 1.165) is 5.75 Å². The molecule has 15 heavy (non-hydrogen) atoms. The predicted molar refractivity (Wildman–Crippen MR) is 64.3 cm³/mol. The number of hydrogen-bond donors (Lipinski definition) is 1. The summed E-state index contributed by atoms with van der Waals surface area (Å²) >= 11 is 4.25. The molecule has 0 unspecified atom stereocenters. The van der Waals surface area contributed by atoms with E-state index < -0.39 is 0 Å². The van der Waals surface area contributed by atoms with Gasteiger partial charge in [-0.3, -0.25) is 0 Å². The fourth-order valence-corrected chi connectivity index (χ4v) is 1.09. The molecule has 1 aromatic rings. The summed E-state index contributed by atoms with van der Waals surface area (Å²) in [5.74, 6) is 1.40. The van der Waals surface area contributed by atoms with Gasteiger partial charge in [0, 0.05) is 5.41 Å². The minimum Gasteiger partial charge on any atom is -0.492 e. The van der Waals surface area contributed by atoms with Gasteiger partial charge in [0.2, 0.25) is 0 Å². The Morgan fingerprint density at radius 3 is 2.67 bits per heavy atom. The van der Waals surface area contributed by atoms with E-state index in [1.165, 1.54) is 0 Å². The topological polar surface area (TPSA) is 33.0 Å². The van der Waals surface area contributed by atoms with Crippen molar-refractivity contribution < 1.29 is 4.74 Å². The number of nitriles is 1. The third kappa shape index (κ3) is 3.49. The molecule has 80 valence electrons. The first-order valence-electron chi connectivity index (χ1n) is 4.82. The van der Waals surface area contributed by atoms with Crippen LogP contribution in [-0.2, 0) is 0 Å². The van der Waals surface area contributed by atoms with Crippen LogP contribution < -0.4 is 4.74 Å². The Hall–Kier alpha value is -1.14. The van der Waals surface area contributed by atoms with E-state index in [4.69, 9.17) is 10.00 Å². The van der Waals surface area contributed by atoms with Crippen LogP contribution in [0, 0.1) is 16.7 Å². The van der Waals surface area contributed by atoms with Crippen LogP contribution in [0.3, 0.4) is 0 Å². The fraction of sp³-hybridized carbons (Fsp3) is 0.417. The smallest absolute Gasteiger partial charge is 0.137 e. The Labute approximate surface area is 96.3 Å². The summed E-state index contributed by atoms with van der Waals surface area (Å²) < 4.78 is 5.61. The molecule has 3 heteroatoms. The van der Waals surface area contributed by atoms with Gasteiger partial charge in [-0.15, -0.1) is 0 Å². The molecule has 1 aromatic carbocycles. The molecule has 0 radical (unpaired) electrons. The van der Waals surface area contributed by atoms with E-state index in [0.29, 0.717) is 17.9 Å². The minimum absolute atomic E-state index is 0.0195. The zero-order valence-electron chi connectivity index (χ0n) is 9.03. The second kappa shape index (κ2) is 5.09. The van der Waals surface area contributed by atoms with Crippen LogP contribution in [0.5, 0.6) is 5.75 Å². The molecule has 0 aromatic heterocycles. The van der Waals surface area contributed by atoms with Gasteiger partial charge in [0.25, 0.3) is 0 Å². The molecule has 0 heterocycles. The molecule has 0 atom stereocenters. The van der Waals surface area contributed by atoms with Gasteiger partial charge in [-0.2, -0.15) is 17.9 Å². The molecule has 0 aliphatic heterocycles. The summed E-state index contributed by atoms with van der Waals surface area (Å²) in [5.41, 5.74) is 0.596. The van der Waals surface area contributed by atoms with Crippen molar-refractivity contribution in [3.8, 4) is 11.8 Å². The number of nitrogens with zero attached hydrogens (tertiary/aromatic N) is 1. The third-order valence-corrected chi connectivity index (χ3v) is 2.91. The lowest BCUT2D eigenvalue weighted by molar-refractivity contribution is 0.202. The molecular formula is C12H15NOS. The Bertz CT molecular complexity index is 368. The quantitative estimate of drug-likeness (QED) is 0.793. The van der Waals surface area contributed by atoms with E-state index in [-0.39, 0.29) is 5.41 Å². The molecular weight excluding hydrogens is 206 g/mol. The normalized spacial score (nSPS) is 10.8. The largest absolute Gasteiger partial charge is 0.492 e. The molecule has 0 bridgehead atoms. The lowest BCUT2D eigenvalue weighted by Gasteiger charge is -2.22. The van der Waals surface area contributed by atoms with Gasteiger partial charge in [0.05, 0.1) is 12.2 Å². The summed E-state index contributed by atoms with van der Waals surface area (Å²) in [6.45, 7) is 4.72. The molecule has 0 amide bonds. The van der Waals surface area contributed by atoms with E-state index in [1.807, 2.05) is 18.2 Å². The maximum atomic E-state index is 8.86. The first-order chi connectivity index (χ1) is 7.09. The first kappa shape index (κ1) is 11.9. The van der Waals surface area contributed by atoms with Crippen molar-refractivity contribution in [2.75, 3.05) is 12.4 Å². The SMILES string of the molecule is CC(C)(CS)COc1ccccc1C#N. The van der Waals surface area contributed by atoms with Crippen LogP contribution in [0.4, 0.5) is 0 Å². The molecule has 0 spiro atoms. The van der Waals surface area contributed by atoms with E-state index >= 15 is 0 Å². The zero-order chi connectivity index (χ0) is 11.3. The molecule has 0 N–H and O–H groups in total. The summed E-state index contributed by atoms with van der Waals surface area (Å²) in [6, 6.07) is 9.36. The lowest BCUT2D eigenvalue weighted by atomic mass is 9.98. The van der Waals surface area contributed by atoms with Gasteiger partial charge < -0.3 is 4.74 Å². The molecule has 1 rings (SSSR count). The van der Waals surface area contributed by atoms with Crippen molar-refractivity contribution >= 4 is 12.6 Å². The Morgan fingerprint density at radius 1 is 1.40 bits per heavy atom. The van der Waals surface area contributed by atoms with Crippen molar-refractivity contribution in [1.29, 1.82) is 5.26 Å². The highest BCUT2D eigenvalue weighted by Crippen LogP contribution is 2.22. The van der Waals surface area contributed by atoms with Crippen molar-refractivity contribution in [2.24, 2.45) is 5.41 Å². The number of rotatable bonds is 4. The van der Waals surface area contributed by atoms with Crippen LogP contribution in [0.25, 0.3) is 0 Å². The number of benzene rings is 1. The van der Waals surface area contributed by atoms with E-state index in [1.54, 1.807) is 6.07 Å². The van der Waals surface area contributed by atoms with Crippen molar-refractivity contribution in [2.45, 2.75) is 13.8 Å². The van der Waals surface area contributed by atoms with Crippen LogP contribution in [0.1, 0.15) is 19.4 Å². The molecule has 2 nitrogen and oxygen atoms in total. The van der Waals surface area contributed by atoms with Crippen LogP contribution in [0.15, 0.2) is 24.3 Å². The van der Waals surface area contributed by atoms with Gasteiger partial charge in [0.1, 0.15) is 11.8 Å². The van der Waals surface area contributed by atoms with Crippen molar-refractivity contribution in [3.05, 3.63) is 29.8 Å². The molecule has 0 aliphatic rings. The third-order valence-electron chi connectivity index (χ3n) is 2.05. The van der Waals surface area contributed by atoms with Gasteiger partial charge in [-0.1, -0.05) is 26.0 Å². The standard InChI is InChI=1S/C12H15NOS/c1-12(2,9-15)8-14-11-6-4-3-5-10(11)7-13/h3-6,15H,8-9H2,1-2H3. The molecule has 0 saturated carbocycles. The lowest BCUT2D eigenvalue weighted by Crippen LogP contribution is -2.23. The Kier molecular flexibility index (Phi) is 4.05. The number of hydrogen-bond acceptors (Lipinski definition) is 3. The highest BCUT2D eigenvalue weighted by molar-refractivity contribution is 7.80. The maximum absolute atomic E-state index is 8.86. The number of ether oxygens (including phenoxy) is 1.